The highest BCUT2D eigenvalue weighted by Crippen LogP contribution is 2.33. The van der Waals surface area contributed by atoms with E-state index in [1.807, 2.05) is 12.1 Å². The number of thiazole rings is 1. The van der Waals surface area contributed by atoms with Gasteiger partial charge in [0.2, 0.25) is 0 Å². The Morgan fingerprint density at radius 3 is 2.50 bits per heavy atom. The molecule has 50 heavy (non-hydrogen) atoms. The molecule has 0 unspecified atom stereocenters. The molecule has 0 bridgehead atoms. The van der Waals surface area contributed by atoms with Crippen LogP contribution in [-0.4, -0.2) is 34.9 Å². The van der Waals surface area contributed by atoms with Crippen LogP contribution in [-0.2, 0) is 14.8 Å². The van der Waals surface area contributed by atoms with Crippen molar-refractivity contribution in [1.29, 1.82) is 0 Å². The van der Waals surface area contributed by atoms with Crippen LogP contribution in [0.1, 0.15) is 24.1 Å². The van der Waals surface area contributed by atoms with Crippen LogP contribution in [0.3, 0.4) is 0 Å². The third-order valence-electron chi connectivity index (χ3n) is 8.29. The van der Waals surface area contributed by atoms with Crippen molar-refractivity contribution < 1.29 is 22.9 Å². The number of allylic oxidation sites excluding steroid dienone is 1. The summed E-state index contributed by atoms with van der Waals surface area (Å²) in [6.07, 6.45) is 2.98. The number of nitrogens with zero attached hydrogens (tertiary/aromatic N) is 4. The predicted octanol–water partition coefficient (Wildman–Crippen LogP) is 4.98. The molecule has 1 N–H and O–H groups in total. The van der Waals surface area contributed by atoms with Gasteiger partial charge in [-0.15, -0.1) is 0 Å². The molecule has 0 radical (unpaired) electrons. The summed E-state index contributed by atoms with van der Waals surface area (Å²) in [4.78, 5) is 43.8. The molecule has 3 heterocycles. The highest BCUT2D eigenvalue weighted by molar-refractivity contribution is 7.90. The Labute approximate surface area is 288 Å². The number of fused-ring (bicyclic) bond motifs is 2. The number of methoxy groups -OCH3 is 1. The summed E-state index contributed by atoms with van der Waals surface area (Å²) in [6, 6.07) is 26.8. The predicted molar refractivity (Wildman–Crippen MR) is 189 cm³/mol. The summed E-state index contributed by atoms with van der Waals surface area (Å²) in [5, 5.41) is 14.8. The lowest BCUT2D eigenvalue weighted by Gasteiger charge is -2.25. The molecule has 250 valence electrons. The number of carbonyl (C=O) groups excluding carboxylic acids is 1. The topological polar surface area (TPSA) is 155 Å². The number of hydrogen-bond donors (Lipinski definition) is 1. The summed E-state index contributed by atoms with van der Waals surface area (Å²) in [7, 11) is -2.74. The van der Waals surface area contributed by atoms with Crippen molar-refractivity contribution in [2.24, 2.45) is 4.99 Å². The number of aromatic nitrogens is 2. The molecule has 6 aromatic rings. The molecule has 12 nitrogen and oxygen atoms in total. The largest absolute Gasteiger partial charge is 0.497 e. The van der Waals surface area contributed by atoms with Crippen molar-refractivity contribution in [1.82, 2.24) is 8.54 Å². The minimum absolute atomic E-state index is 0.254. The Hall–Kier alpha value is -6.12. The van der Waals surface area contributed by atoms with Crippen LogP contribution in [0.2, 0.25) is 0 Å². The second-order valence-electron chi connectivity index (χ2n) is 11.3. The van der Waals surface area contributed by atoms with Crippen LogP contribution in [0, 0.1) is 10.1 Å². The summed E-state index contributed by atoms with van der Waals surface area (Å²) in [5.41, 5.74) is 1.87. The van der Waals surface area contributed by atoms with E-state index in [1.54, 1.807) is 79.7 Å². The van der Waals surface area contributed by atoms with Gasteiger partial charge in [-0.05, 0) is 55.0 Å². The van der Waals surface area contributed by atoms with Gasteiger partial charge in [0.1, 0.15) is 5.75 Å². The number of non-ortho nitro benzene ring substituents is 1. The molecule has 0 aliphatic carbocycles. The average Bonchev–Trinajstić information content (AvgIpc) is 3.65. The lowest BCUT2D eigenvalue weighted by atomic mass is 9.95. The maximum absolute atomic E-state index is 14.4. The fourth-order valence-corrected chi connectivity index (χ4v) is 8.42. The smallest absolute Gasteiger partial charge is 0.271 e. The Morgan fingerprint density at radius 2 is 1.74 bits per heavy atom. The van der Waals surface area contributed by atoms with E-state index < -0.39 is 32.5 Å². The van der Waals surface area contributed by atoms with Crippen LogP contribution in [0.5, 0.6) is 5.75 Å². The molecule has 0 saturated carbocycles. The van der Waals surface area contributed by atoms with E-state index in [2.05, 4.69) is 5.32 Å². The zero-order valence-corrected chi connectivity index (χ0v) is 28.1. The monoisotopic (exact) mass is 705 g/mol. The minimum atomic E-state index is -4.28. The molecule has 1 atom stereocenters. The normalized spacial score (nSPS) is 14.7. The van der Waals surface area contributed by atoms with E-state index in [9.17, 15) is 28.1 Å². The van der Waals surface area contributed by atoms with Crippen LogP contribution in [0.15, 0.2) is 135 Å². The molecule has 2 aromatic heterocycles. The molecular weight excluding hydrogens is 679 g/mol. The first-order chi connectivity index (χ1) is 24.1. The van der Waals surface area contributed by atoms with Gasteiger partial charge < -0.3 is 10.1 Å². The Bertz CT molecular complexity index is 2680. The summed E-state index contributed by atoms with van der Waals surface area (Å²) >= 11 is 1.11. The number of carbonyl (C=O) groups is 1. The number of hydrogen-bond acceptors (Lipinski definition) is 9. The van der Waals surface area contributed by atoms with Crippen LogP contribution >= 0.6 is 11.3 Å². The molecule has 7 rings (SSSR count). The van der Waals surface area contributed by atoms with Gasteiger partial charge in [-0.2, -0.15) is 0 Å². The third kappa shape index (κ3) is 5.69. The van der Waals surface area contributed by atoms with Gasteiger partial charge in [-0.1, -0.05) is 65.9 Å². The number of nitro benzene ring substituents is 1. The maximum Gasteiger partial charge on any atom is 0.271 e. The van der Waals surface area contributed by atoms with Gasteiger partial charge in [0.25, 0.3) is 27.2 Å². The number of rotatable bonds is 8. The first-order valence-electron chi connectivity index (χ1n) is 15.2. The highest BCUT2D eigenvalue weighted by atomic mass is 32.2. The van der Waals surface area contributed by atoms with Crippen LogP contribution in [0.4, 0.5) is 11.4 Å². The highest BCUT2D eigenvalue weighted by Gasteiger charge is 2.33. The van der Waals surface area contributed by atoms with E-state index in [0.29, 0.717) is 44.0 Å². The molecule has 4 aromatic carbocycles. The standard InChI is InChI=1S/C36H27N5O7S2/c1-22-32(34(42)38-25-11-4-3-5-12-25)33(23-10-8-14-27(18-23)48-2)40-35(43)31(49-36(40)37-22)19-24-21-39(30-17-7-6-16-29(24)30)50(46,47)28-15-9-13-26(20-28)41(44)45/h3-21,33H,1-2H3,(H,38,42)/b31-19-/t33-/m0/s1. The molecule has 0 saturated heterocycles. The zero-order chi connectivity index (χ0) is 35.2. The fourth-order valence-electron chi connectivity index (χ4n) is 5.96. The van der Waals surface area contributed by atoms with E-state index in [0.717, 1.165) is 21.4 Å². The first-order valence-corrected chi connectivity index (χ1v) is 17.5. The van der Waals surface area contributed by atoms with Crippen LogP contribution in [0.25, 0.3) is 17.0 Å². The lowest BCUT2D eigenvalue weighted by molar-refractivity contribution is -0.385. The Morgan fingerprint density at radius 1 is 1.00 bits per heavy atom. The number of nitrogens with one attached hydrogen (secondary N) is 1. The third-order valence-corrected chi connectivity index (χ3v) is 10.9. The van der Waals surface area contributed by atoms with E-state index in [1.165, 1.54) is 36.1 Å². The van der Waals surface area contributed by atoms with Crippen LogP contribution < -0.4 is 24.9 Å². The number of benzene rings is 4. The molecule has 14 heteroatoms. The SMILES string of the molecule is COc1cccc([C@H]2C(C(=O)Nc3ccccc3)=C(C)N=c3s/c(=C\c4cn(S(=O)(=O)c5cccc([N+](=O)[O-])c5)c5ccccc45)c(=O)n32)c1. The summed E-state index contributed by atoms with van der Waals surface area (Å²) < 4.78 is 35.9. The molecular formula is C36H27N5O7S2. The van der Waals surface area contributed by atoms with Gasteiger partial charge in [0.05, 0.1) is 44.3 Å². The number of nitro groups is 1. The van der Waals surface area contributed by atoms with Crippen molar-refractivity contribution in [3.63, 3.8) is 0 Å². The van der Waals surface area contributed by atoms with Crippen molar-refractivity contribution in [3.8, 4) is 5.75 Å². The van der Waals surface area contributed by atoms with Crippen molar-refractivity contribution >= 4 is 55.6 Å². The Balaban J connectivity index is 1.39. The Kier molecular flexibility index (Phi) is 8.25. The number of para-hydroxylation sites is 2. The summed E-state index contributed by atoms with van der Waals surface area (Å²) in [6.45, 7) is 1.72. The fraction of sp³-hybridized carbons (Fsp3) is 0.0833. The number of ether oxygens (including phenoxy) is 1. The van der Waals surface area contributed by atoms with Crippen molar-refractivity contribution in [2.45, 2.75) is 17.9 Å². The van der Waals surface area contributed by atoms with Crippen molar-refractivity contribution in [3.05, 3.63) is 162 Å². The molecule has 0 spiro atoms. The van der Waals surface area contributed by atoms with Crippen molar-refractivity contribution in [2.75, 3.05) is 12.4 Å². The average molecular weight is 706 g/mol. The van der Waals surface area contributed by atoms with Gasteiger partial charge in [0.15, 0.2) is 4.80 Å². The molecule has 1 aliphatic heterocycles. The maximum atomic E-state index is 14.4. The quantitative estimate of drug-likeness (QED) is 0.173. The molecule has 0 fully saturated rings. The second kappa shape index (κ2) is 12.7. The van der Waals surface area contributed by atoms with E-state index in [-0.39, 0.29) is 20.7 Å². The lowest BCUT2D eigenvalue weighted by Crippen LogP contribution is -2.40. The number of amides is 1. The molecule has 1 amide bonds. The van der Waals surface area contributed by atoms with E-state index >= 15 is 0 Å². The number of anilines is 1. The second-order valence-corrected chi connectivity index (χ2v) is 14.2. The van der Waals surface area contributed by atoms with Gasteiger partial charge in [-0.25, -0.2) is 17.4 Å². The molecule has 1 aliphatic rings. The van der Waals surface area contributed by atoms with Gasteiger partial charge in [0, 0.05) is 35.0 Å². The minimum Gasteiger partial charge on any atom is -0.497 e. The first kappa shape index (κ1) is 32.4. The van der Waals surface area contributed by atoms with Gasteiger partial charge >= 0.3 is 0 Å². The zero-order valence-electron chi connectivity index (χ0n) is 26.5. The van der Waals surface area contributed by atoms with E-state index in [4.69, 9.17) is 9.73 Å². The summed E-state index contributed by atoms with van der Waals surface area (Å²) in [5.74, 6) is 0.119. The van der Waals surface area contributed by atoms with Gasteiger partial charge in [-0.3, -0.25) is 24.3 Å².